The number of carbonyl (C=O) groups excluding carboxylic acids is 1. The Labute approximate surface area is 358 Å². The van der Waals surface area contributed by atoms with E-state index in [1.54, 1.807) is 0 Å². The van der Waals surface area contributed by atoms with Crippen molar-refractivity contribution in [1.29, 1.82) is 0 Å². The number of benzene rings is 4. The van der Waals surface area contributed by atoms with Crippen LogP contribution in [0, 0.1) is 5.41 Å². The third-order valence-electron chi connectivity index (χ3n) is 12.0. The lowest BCUT2D eigenvalue weighted by atomic mass is 9.79. The maximum atomic E-state index is 14.2. The van der Waals surface area contributed by atoms with Crippen molar-refractivity contribution < 1.29 is 28.9 Å². The molecule has 4 aromatic rings. The Morgan fingerprint density at radius 1 is 0.724 bits per heavy atom. The van der Waals surface area contributed by atoms with Gasteiger partial charge < -0.3 is 24.1 Å². The number of hydrogen-bond acceptors (Lipinski definition) is 8. The molecule has 5 rings (SSSR count). The van der Waals surface area contributed by atoms with Crippen molar-refractivity contribution in [3.63, 3.8) is 0 Å². The lowest BCUT2D eigenvalue weighted by molar-refractivity contribution is -0.166. The SMILES string of the molecule is CC(C)[Si](O[C@H](C[C@@H](O)CC(=O)O[C@@H](c1ccccc1)C(O)(c1ccccc1)c1ccccc1)C[C@H](OCc1ccccc1)C(C)(C)C1SCCS1)(C(C)C)C(C)C. The van der Waals surface area contributed by atoms with Gasteiger partial charge in [-0.25, -0.2) is 0 Å². The first kappa shape index (κ1) is 46.2. The summed E-state index contributed by atoms with van der Waals surface area (Å²) in [5, 5.41) is 24.8. The topological polar surface area (TPSA) is 85.2 Å². The monoisotopic (exact) mass is 842 g/mol. The molecule has 0 aromatic heterocycles. The van der Waals surface area contributed by atoms with Crippen LogP contribution in [0.15, 0.2) is 121 Å². The number of rotatable bonds is 21. The Morgan fingerprint density at radius 2 is 1.19 bits per heavy atom. The highest BCUT2D eigenvalue weighted by molar-refractivity contribution is 8.20. The Kier molecular flexibility index (Phi) is 16.8. The maximum absolute atomic E-state index is 14.2. The number of hydrogen-bond donors (Lipinski definition) is 2. The standard InChI is InChI=1S/C49H66O6S2Si/c1-35(2)58(36(3)4,37(5)6)55-43(33-44(48(7,8)47-56-29-30-57-47)53-34-38-21-13-9-14-22-38)31-42(50)32-45(51)54-46(39-23-15-10-16-24-39)49(52,40-25-17-11-18-26-40)41-27-19-12-20-28-41/h9-28,35-37,42-44,46-47,50,52H,29-34H2,1-8H3/t42-,43-,44+,46+/m1/s1. The smallest absolute Gasteiger partial charge is 0.309 e. The molecule has 314 valence electrons. The Balaban J connectivity index is 1.46. The fourth-order valence-corrected chi connectivity index (χ4v) is 18.0. The van der Waals surface area contributed by atoms with Crippen molar-refractivity contribution in [2.75, 3.05) is 11.5 Å². The number of ether oxygens (including phenoxy) is 2. The van der Waals surface area contributed by atoms with Crippen molar-refractivity contribution in [2.24, 2.45) is 5.41 Å². The molecule has 1 aliphatic heterocycles. The van der Waals surface area contributed by atoms with Crippen molar-refractivity contribution in [3.8, 4) is 0 Å². The van der Waals surface area contributed by atoms with E-state index >= 15 is 0 Å². The first-order valence-corrected chi connectivity index (χ1v) is 25.3. The molecule has 0 spiro atoms. The second-order valence-corrected chi connectivity index (χ2v) is 25.5. The summed E-state index contributed by atoms with van der Waals surface area (Å²) in [6.07, 6.45) is -2.11. The van der Waals surface area contributed by atoms with Crippen LogP contribution >= 0.6 is 23.5 Å². The van der Waals surface area contributed by atoms with Gasteiger partial charge in [-0.2, -0.15) is 0 Å². The first-order chi connectivity index (χ1) is 27.7. The van der Waals surface area contributed by atoms with Crippen LogP contribution in [-0.4, -0.2) is 58.9 Å². The van der Waals surface area contributed by atoms with Crippen LogP contribution in [0.5, 0.6) is 0 Å². The number of aliphatic hydroxyl groups excluding tert-OH is 1. The van der Waals surface area contributed by atoms with Crippen LogP contribution in [-0.2, 0) is 30.9 Å². The zero-order valence-electron chi connectivity index (χ0n) is 35.8. The molecule has 0 unspecified atom stereocenters. The van der Waals surface area contributed by atoms with E-state index < -0.39 is 32.1 Å². The second kappa shape index (κ2) is 21.1. The van der Waals surface area contributed by atoms with Crippen LogP contribution < -0.4 is 0 Å². The zero-order chi connectivity index (χ0) is 41.9. The number of thioether (sulfide) groups is 2. The molecule has 1 saturated heterocycles. The van der Waals surface area contributed by atoms with Crippen molar-refractivity contribution in [2.45, 2.75) is 132 Å². The number of carbonyl (C=O) groups is 1. The van der Waals surface area contributed by atoms with Gasteiger partial charge in [-0.1, -0.05) is 177 Å². The molecule has 1 heterocycles. The van der Waals surface area contributed by atoms with E-state index in [2.05, 4.69) is 67.5 Å². The minimum Gasteiger partial charge on any atom is -0.454 e. The number of aliphatic hydroxyl groups is 2. The summed E-state index contributed by atoms with van der Waals surface area (Å²) in [7, 11) is -2.44. The number of esters is 1. The summed E-state index contributed by atoms with van der Waals surface area (Å²) < 4.78 is 21.2. The van der Waals surface area contributed by atoms with E-state index in [1.165, 1.54) is 0 Å². The highest BCUT2D eigenvalue weighted by Gasteiger charge is 2.49. The van der Waals surface area contributed by atoms with Crippen molar-refractivity contribution in [1.82, 2.24) is 0 Å². The van der Waals surface area contributed by atoms with Gasteiger partial charge in [-0.05, 0) is 51.7 Å². The van der Waals surface area contributed by atoms with Gasteiger partial charge in [0, 0.05) is 16.9 Å². The van der Waals surface area contributed by atoms with E-state index in [-0.39, 0.29) is 30.5 Å². The molecular formula is C49H66O6S2Si. The average molecular weight is 843 g/mol. The molecule has 2 N–H and O–H groups in total. The lowest BCUT2D eigenvalue weighted by Gasteiger charge is -2.47. The molecule has 6 nitrogen and oxygen atoms in total. The summed E-state index contributed by atoms with van der Waals surface area (Å²) >= 11 is 4.00. The fraction of sp³-hybridized carbons (Fsp3) is 0.490. The Hall–Kier alpha value is -2.89. The summed E-state index contributed by atoms with van der Waals surface area (Å²) in [5.74, 6) is 1.63. The zero-order valence-corrected chi connectivity index (χ0v) is 38.4. The molecule has 0 bridgehead atoms. The van der Waals surface area contributed by atoms with Gasteiger partial charge in [0.1, 0.15) is 0 Å². The second-order valence-electron chi connectivity index (χ2n) is 17.3. The highest BCUT2D eigenvalue weighted by Crippen LogP contribution is 2.50. The lowest BCUT2D eigenvalue weighted by Crippen LogP contribution is -2.52. The molecular weight excluding hydrogens is 777 g/mol. The molecule has 0 amide bonds. The van der Waals surface area contributed by atoms with Crippen LogP contribution in [0.25, 0.3) is 0 Å². The molecule has 1 fully saturated rings. The van der Waals surface area contributed by atoms with Gasteiger partial charge in [-0.3, -0.25) is 4.79 Å². The molecule has 0 radical (unpaired) electrons. The van der Waals surface area contributed by atoms with E-state index in [0.717, 1.165) is 17.1 Å². The molecule has 58 heavy (non-hydrogen) atoms. The average Bonchev–Trinajstić information content (AvgIpc) is 3.78. The Morgan fingerprint density at radius 3 is 1.67 bits per heavy atom. The normalized spacial score (nSPS) is 16.4. The third kappa shape index (κ3) is 11.1. The van der Waals surface area contributed by atoms with Crippen LogP contribution in [0.4, 0.5) is 0 Å². The van der Waals surface area contributed by atoms with Crippen LogP contribution in [0.1, 0.15) is 103 Å². The van der Waals surface area contributed by atoms with Crippen molar-refractivity contribution in [3.05, 3.63) is 144 Å². The van der Waals surface area contributed by atoms with Crippen molar-refractivity contribution >= 4 is 37.8 Å². The van der Waals surface area contributed by atoms with Crippen LogP contribution in [0.3, 0.4) is 0 Å². The molecule has 0 saturated carbocycles. The van der Waals surface area contributed by atoms with Gasteiger partial charge in [0.25, 0.3) is 0 Å². The molecule has 9 heteroatoms. The summed E-state index contributed by atoms with van der Waals surface area (Å²) in [6.45, 7) is 18.8. The van der Waals surface area contributed by atoms with Gasteiger partial charge in [0.15, 0.2) is 11.7 Å². The molecule has 4 atom stereocenters. The molecule has 4 aromatic carbocycles. The summed E-state index contributed by atoms with van der Waals surface area (Å²) in [5.41, 5.74) is 2.02. The van der Waals surface area contributed by atoms with Gasteiger partial charge in [0.05, 0.1) is 35.9 Å². The maximum Gasteiger partial charge on any atom is 0.309 e. The summed E-state index contributed by atoms with van der Waals surface area (Å²) in [4.78, 5) is 14.2. The van der Waals surface area contributed by atoms with E-state index in [1.807, 2.05) is 133 Å². The first-order valence-electron chi connectivity index (χ1n) is 21.0. The third-order valence-corrected chi connectivity index (χ3v) is 21.9. The quantitative estimate of drug-likeness (QED) is 0.0634. The van der Waals surface area contributed by atoms with Crippen LogP contribution in [0.2, 0.25) is 16.6 Å². The Bertz CT molecular complexity index is 1740. The summed E-state index contributed by atoms with van der Waals surface area (Å²) in [6, 6.07) is 38.3. The predicted octanol–water partition coefficient (Wildman–Crippen LogP) is 11.7. The largest absolute Gasteiger partial charge is 0.454 e. The predicted molar refractivity (Wildman–Crippen MR) is 244 cm³/mol. The van der Waals surface area contributed by atoms with Gasteiger partial charge in [-0.15, -0.1) is 23.5 Å². The minimum atomic E-state index is -2.44. The van der Waals surface area contributed by atoms with Gasteiger partial charge >= 0.3 is 5.97 Å². The van der Waals surface area contributed by atoms with Gasteiger partial charge in [0.2, 0.25) is 8.32 Å². The molecule has 0 aliphatic carbocycles. The molecule has 1 aliphatic rings. The minimum absolute atomic E-state index is 0.174. The van der Waals surface area contributed by atoms with E-state index in [4.69, 9.17) is 13.9 Å². The highest BCUT2D eigenvalue weighted by atomic mass is 32.2. The fourth-order valence-electron chi connectivity index (χ4n) is 9.06. The van der Waals surface area contributed by atoms with E-state index in [9.17, 15) is 15.0 Å². The van der Waals surface area contributed by atoms with E-state index in [0.29, 0.717) is 50.9 Å².